The number of carbonyl (C=O) groups excluding carboxylic acids is 2. The van der Waals surface area contributed by atoms with E-state index in [9.17, 15) is 9.59 Å². The maximum Gasteiger partial charge on any atom is 0.307 e. The Hall–Kier alpha value is -2.62. The van der Waals surface area contributed by atoms with Crippen LogP contribution in [0.4, 0.5) is 5.69 Å². The first-order chi connectivity index (χ1) is 11.1. The molecule has 2 aromatic carbocycles. The summed E-state index contributed by atoms with van der Waals surface area (Å²) < 4.78 is 5.41. The number of benzene rings is 2. The lowest BCUT2D eigenvalue weighted by Gasteiger charge is -2.25. The van der Waals surface area contributed by atoms with Crippen LogP contribution < -0.4 is 4.90 Å². The molecular weight excluding hydrogens is 290 g/mol. The molecule has 0 aliphatic carbocycles. The summed E-state index contributed by atoms with van der Waals surface area (Å²) in [5.74, 6) is -0.913. The SMILES string of the molecule is Cc1ccccc1N(C)C(=O)[C@H]1CC(=O)O[C@@H]1c1ccccc1. The van der Waals surface area contributed by atoms with Gasteiger partial charge in [0.2, 0.25) is 5.91 Å². The average molecular weight is 309 g/mol. The van der Waals surface area contributed by atoms with Crippen molar-refractivity contribution < 1.29 is 14.3 Å². The number of amides is 1. The Morgan fingerprint density at radius 3 is 2.43 bits per heavy atom. The summed E-state index contributed by atoms with van der Waals surface area (Å²) in [6.07, 6.45) is -0.392. The lowest BCUT2D eigenvalue weighted by atomic mass is 9.93. The fourth-order valence-corrected chi connectivity index (χ4v) is 3.03. The Morgan fingerprint density at radius 2 is 1.74 bits per heavy atom. The Labute approximate surface area is 135 Å². The standard InChI is InChI=1S/C19H19NO3/c1-13-8-6-7-11-16(13)20(2)19(22)15-12-17(21)23-18(15)14-9-4-3-5-10-14/h3-11,15,18H,12H2,1-2H3/t15-,18+/m0/s1. The molecule has 0 N–H and O–H groups in total. The fourth-order valence-electron chi connectivity index (χ4n) is 3.03. The van der Waals surface area contributed by atoms with Crippen LogP contribution in [0.25, 0.3) is 0 Å². The quantitative estimate of drug-likeness (QED) is 0.818. The number of hydrogen-bond acceptors (Lipinski definition) is 3. The van der Waals surface area contributed by atoms with Gasteiger partial charge in [0.05, 0.1) is 12.3 Å². The summed E-state index contributed by atoms with van der Waals surface area (Å²) in [4.78, 5) is 26.3. The van der Waals surface area contributed by atoms with Gasteiger partial charge in [-0.1, -0.05) is 48.5 Å². The number of nitrogens with zero attached hydrogens (tertiary/aromatic N) is 1. The number of para-hydroxylation sites is 1. The lowest BCUT2D eigenvalue weighted by molar-refractivity contribution is -0.141. The third-order valence-electron chi connectivity index (χ3n) is 4.26. The van der Waals surface area contributed by atoms with Crippen LogP contribution in [0.3, 0.4) is 0 Å². The molecule has 0 bridgehead atoms. The summed E-state index contributed by atoms with van der Waals surface area (Å²) in [5.41, 5.74) is 2.73. The normalized spacial score (nSPS) is 20.2. The Balaban J connectivity index is 1.88. The number of esters is 1. The van der Waals surface area contributed by atoms with Crippen molar-refractivity contribution in [3.63, 3.8) is 0 Å². The molecule has 4 heteroatoms. The van der Waals surface area contributed by atoms with Crippen LogP contribution in [-0.4, -0.2) is 18.9 Å². The second-order valence-corrected chi connectivity index (χ2v) is 5.82. The number of carbonyl (C=O) groups is 2. The van der Waals surface area contributed by atoms with Crippen molar-refractivity contribution in [1.82, 2.24) is 0 Å². The highest BCUT2D eigenvalue weighted by Crippen LogP contribution is 2.37. The third-order valence-corrected chi connectivity index (χ3v) is 4.26. The minimum absolute atomic E-state index is 0.0981. The second-order valence-electron chi connectivity index (χ2n) is 5.82. The molecule has 4 nitrogen and oxygen atoms in total. The van der Waals surface area contributed by atoms with Gasteiger partial charge < -0.3 is 9.64 Å². The van der Waals surface area contributed by atoms with Crippen molar-refractivity contribution in [1.29, 1.82) is 0 Å². The molecule has 1 saturated heterocycles. The maximum absolute atomic E-state index is 12.9. The van der Waals surface area contributed by atoms with E-state index in [1.54, 1.807) is 11.9 Å². The smallest absolute Gasteiger partial charge is 0.307 e. The highest BCUT2D eigenvalue weighted by Gasteiger charge is 2.42. The van der Waals surface area contributed by atoms with Crippen LogP contribution in [0.1, 0.15) is 23.7 Å². The van der Waals surface area contributed by atoms with Gasteiger partial charge in [0.25, 0.3) is 0 Å². The average Bonchev–Trinajstić information content (AvgIpc) is 2.96. The van der Waals surface area contributed by atoms with Crippen molar-refractivity contribution in [2.24, 2.45) is 5.92 Å². The van der Waals surface area contributed by atoms with Crippen molar-refractivity contribution in [3.05, 3.63) is 65.7 Å². The largest absolute Gasteiger partial charge is 0.457 e. The van der Waals surface area contributed by atoms with Crippen LogP contribution >= 0.6 is 0 Å². The zero-order valence-corrected chi connectivity index (χ0v) is 13.2. The summed E-state index contributed by atoms with van der Waals surface area (Å²) in [6.45, 7) is 1.96. The van der Waals surface area contributed by atoms with E-state index < -0.39 is 12.0 Å². The topological polar surface area (TPSA) is 46.6 Å². The van der Waals surface area contributed by atoms with Crippen LogP contribution in [0.15, 0.2) is 54.6 Å². The number of aryl methyl sites for hydroxylation is 1. The first kappa shape index (κ1) is 15.3. The molecule has 23 heavy (non-hydrogen) atoms. The fraction of sp³-hybridized carbons (Fsp3) is 0.263. The molecule has 0 saturated carbocycles. The molecule has 1 amide bonds. The monoisotopic (exact) mass is 309 g/mol. The highest BCUT2D eigenvalue weighted by molar-refractivity contribution is 5.98. The van der Waals surface area contributed by atoms with Crippen LogP contribution in [0, 0.1) is 12.8 Å². The molecule has 3 rings (SSSR count). The van der Waals surface area contributed by atoms with Gasteiger partial charge in [-0.3, -0.25) is 9.59 Å². The van der Waals surface area contributed by atoms with Crippen LogP contribution in [0.2, 0.25) is 0 Å². The third kappa shape index (κ3) is 2.97. The number of hydrogen-bond donors (Lipinski definition) is 0. The maximum atomic E-state index is 12.9. The van der Waals surface area contributed by atoms with Crippen molar-refractivity contribution in [2.75, 3.05) is 11.9 Å². The van der Waals surface area contributed by atoms with Gasteiger partial charge >= 0.3 is 5.97 Å². The molecule has 0 unspecified atom stereocenters. The van der Waals surface area contributed by atoms with Crippen LogP contribution in [-0.2, 0) is 14.3 Å². The molecule has 0 radical (unpaired) electrons. The molecule has 118 valence electrons. The molecule has 1 aliphatic rings. The zero-order chi connectivity index (χ0) is 16.4. The Morgan fingerprint density at radius 1 is 1.09 bits per heavy atom. The minimum Gasteiger partial charge on any atom is -0.457 e. The van der Waals surface area contributed by atoms with Gasteiger partial charge in [-0.2, -0.15) is 0 Å². The first-order valence-electron chi connectivity index (χ1n) is 7.65. The lowest BCUT2D eigenvalue weighted by Crippen LogP contribution is -2.34. The summed E-state index contributed by atoms with van der Waals surface area (Å²) >= 11 is 0. The van der Waals surface area contributed by atoms with E-state index in [0.717, 1.165) is 16.8 Å². The molecule has 2 atom stereocenters. The van der Waals surface area contributed by atoms with Crippen molar-refractivity contribution in [3.8, 4) is 0 Å². The molecule has 0 spiro atoms. The number of rotatable bonds is 3. The number of cyclic esters (lactones) is 1. The molecule has 1 heterocycles. The summed E-state index contributed by atoms with van der Waals surface area (Å²) in [7, 11) is 1.75. The van der Waals surface area contributed by atoms with E-state index in [1.807, 2.05) is 61.5 Å². The van der Waals surface area contributed by atoms with E-state index >= 15 is 0 Å². The van der Waals surface area contributed by atoms with Crippen LogP contribution in [0.5, 0.6) is 0 Å². The number of anilines is 1. The molecule has 1 fully saturated rings. The zero-order valence-electron chi connectivity index (χ0n) is 13.2. The molecule has 0 aromatic heterocycles. The molecular formula is C19H19NO3. The van der Waals surface area contributed by atoms with Gasteiger partial charge in [0, 0.05) is 12.7 Å². The van der Waals surface area contributed by atoms with Gasteiger partial charge in [-0.05, 0) is 24.1 Å². The Bertz CT molecular complexity index is 726. The van der Waals surface area contributed by atoms with Gasteiger partial charge in [-0.25, -0.2) is 0 Å². The summed E-state index contributed by atoms with van der Waals surface area (Å²) in [5, 5.41) is 0. The molecule has 2 aromatic rings. The number of ether oxygens (including phenoxy) is 1. The van der Waals surface area contributed by atoms with Gasteiger partial charge in [0.15, 0.2) is 0 Å². The molecule has 1 aliphatic heterocycles. The van der Waals surface area contributed by atoms with Crippen molar-refractivity contribution in [2.45, 2.75) is 19.4 Å². The van der Waals surface area contributed by atoms with E-state index in [-0.39, 0.29) is 18.3 Å². The van der Waals surface area contributed by atoms with Crippen molar-refractivity contribution >= 4 is 17.6 Å². The van der Waals surface area contributed by atoms with Gasteiger partial charge in [-0.15, -0.1) is 0 Å². The Kier molecular flexibility index (Phi) is 4.15. The van der Waals surface area contributed by atoms with E-state index in [2.05, 4.69) is 0 Å². The van der Waals surface area contributed by atoms with E-state index in [0.29, 0.717) is 0 Å². The van der Waals surface area contributed by atoms with E-state index in [4.69, 9.17) is 4.74 Å². The predicted molar refractivity (Wildman–Crippen MR) is 88.0 cm³/mol. The van der Waals surface area contributed by atoms with Gasteiger partial charge in [0.1, 0.15) is 6.10 Å². The predicted octanol–water partition coefficient (Wildman–Crippen LogP) is 3.26. The van der Waals surface area contributed by atoms with E-state index in [1.165, 1.54) is 0 Å². The minimum atomic E-state index is -0.511. The highest BCUT2D eigenvalue weighted by atomic mass is 16.6. The summed E-state index contributed by atoms with van der Waals surface area (Å²) in [6, 6.07) is 17.1. The second kappa shape index (κ2) is 6.24. The first-order valence-corrected chi connectivity index (χ1v) is 7.65.